The van der Waals surface area contributed by atoms with E-state index < -0.39 is 11.7 Å². The summed E-state index contributed by atoms with van der Waals surface area (Å²) in [6, 6.07) is 4.52. The fourth-order valence-electron chi connectivity index (χ4n) is 1.76. The monoisotopic (exact) mass is 288 g/mol. The van der Waals surface area contributed by atoms with Gasteiger partial charge < -0.3 is 10.2 Å². The van der Waals surface area contributed by atoms with Crippen molar-refractivity contribution >= 4 is 5.69 Å². The second kappa shape index (κ2) is 6.04. The van der Waals surface area contributed by atoms with E-state index >= 15 is 0 Å². The van der Waals surface area contributed by atoms with Crippen molar-refractivity contribution in [3.63, 3.8) is 0 Å². The first-order valence-electron chi connectivity index (χ1n) is 6.71. The Kier molecular flexibility index (Phi) is 5.08. The second-order valence-corrected chi connectivity index (χ2v) is 5.96. The fraction of sp³-hybridized carbons (Fsp3) is 0.600. The van der Waals surface area contributed by atoms with Crippen LogP contribution in [-0.4, -0.2) is 19.1 Å². The van der Waals surface area contributed by atoms with Crippen LogP contribution in [0, 0.1) is 0 Å². The van der Waals surface area contributed by atoms with Crippen molar-refractivity contribution in [2.45, 2.75) is 46.0 Å². The zero-order valence-corrected chi connectivity index (χ0v) is 12.7. The Bertz CT molecular complexity index is 447. The van der Waals surface area contributed by atoms with Crippen LogP contribution in [0.3, 0.4) is 0 Å². The van der Waals surface area contributed by atoms with E-state index in [1.807, 2.05) is 27.7 Å². The van der Waals surface area contributed by atoms with Crippen molar-refractivity contribution in [3.8, 4) is 0 Å². The molecular formula is C15H23F3N2. The molecule has 1 aromatic rings. The molecule has 0 aliphatic rings. The molecule has 0 aliphatic carbocycles. The quantitative estimate of drug-likeness (QED) is 0.899. The molecule has 114 valence electrons. The number of hydrogen-bond acceptors (Lipinski definition) is 2. The van der Waals surface area contributed by atoms with Gasteiger partial charge in [0.1, 0.15) is 0 Å². The van der Waals surface area contributed by atoms with Gasteiger partial charge in [0.15, 0.2) is 0 Å². The number of nitrogens with zero attached hydrogens (tertiary/aromatic N) is 1. The van der Waals surface area contributed by atoms with Gasteiger partial charge in [-0.2, -0.15) is 13.2 Å². The van der Waals surface area contributed by atoms with Gasteiger partial charge in [-0.05, 0) is 45.4 Å². The lowest BCUT2D eigenvalue weighted by Crippen LogP contribution is -2.35. The molecule has 0 amide bonds. The number of alkyl halides is 3. The van der Waals surface area contributed by atoms with Crippen LogP contribution in [0.25, 0.3) is 0 Å². The van der Waals surface area contributed by atoms with Crippen LogP contribution < -0.4 is 10.2 Å². The minimum Gasteiger partial charge on any atom is -0.375 e. The molecule has 0 saturated carbocycles. The number of hydrogen-bond donors (Lipinski definition) is 1. The average molecular weight is 288 g/mol. The van der Waals surface area contributed by atoms with E-state index in [9.17, 15) is 13.2 Å². The highest BCUT2D eigenvalue weighted by molar-refractivity contribution is 5.51. The Hall–Kier alpha value is -1.23. The molecule has 2 nitrogen and oxygen atoms in total. The smallest absolute Gasteiger partial charge is 0.375 e. The average Bonchev–Trinajstić information content (AvgIpc) is 2.33. The molecule has 0 fully saturated rings. The lowest BCUT2D eigenvalue weighted by molar-refractivity contribution is -0.138. The molecule has 0 saturated heterocycles. The highest BCUT2D eigenvalue weighted by atomic mass is 19.4. The molecule has 5 heteroatoms. The Morgan fingerprint density at radius 2 is 1.75 bits per heavy atom. The maximum absolute atomic E-state index is 13.2. The SMILES string of the molecule is CCN(C)c1ccc(CNC(C)(C)C)c(C(F)(F)F)c1. The summed E-state index contributed by atoms with van der Waals surface area (Å²) in [6.45, 7) is 8.56. The van der Waals surface area contributed by atoms with Gasteiger partial charge in [-0.1, -0.05) is 6.07 Å². The third kappa shape index (κ3) is 4.71. The first-order chi connectivity index (χ1) is 9.04. The van der Waals surface area contributed by atoms with Gasteiger partial charge >= 0.3 is 6.18 Å². The van der Waals surface area contributed by atoms with Gasteiger partial charge in [0, 0.05) is 31.4 Å². The zero-order valence-electron chi connectivity index (χ0n) is 12.7. The van der Waals surface area contributed by atoms with E-state index in [4.69, 9.17) is 0 Å². The van der Waals surface area contributed by atoms with Crippen molar-refractivity contribution in [3.05, 3.63) is 29.3 Å². The summed E-state index contributed by atoms with van der Waals surface area (Å²) in [7, 11) is 1.78. The molecule has 0 atom stereocenters. The maximum Gasteiger partial charge on any atom is 0.416 e. The highest BCUT2D eigenvalue weighted by Gasteiger charge is 2.33. The Balaban J connectivity index is 3.11. The molecule has 1 aromatic carbocycles. The first-order valence-corrected chi connectivity index (χ1v) is 6.71. The topological polar surface area (TPSA) is 15.3 Å². The molecule has 0 radical (unpaired) electrons. The Morgan fingerprint density at radius 1 is 1.15 bits per heavy atom. The predicted octanol–water partition coefficient (Wildman–Crippen LogP) is 4.05. The molecule has 20 heavy (non-hydrogen) atoms. The molecule has 0 bridgehead atoms. The largest absolute Gasteiger partial charge is 0.416 e. The van der Waals surface area contributed by atoms with Gasteiger partial charge in [0.05, 0.1) is 5.56 Å². The number of nitrogens with one attached hydrogen (secondary N) is 1. The van der Waals surface area contributed by atoms with Gasteiger partial charge in [-0.15, -0.1) is 0 Å². The molecule has 0 spiro atoms. The van der Waals surface area contributed by atoms with Crippen molar-refractivity contribution < 1.29 is 13.2 Å². The van der Waals surface area contributed by atoms with Gasteiger partial charge in [0.25, 0.3) is 0 Å². The van der Waals surface area contributed by atoms with Crippen LogP contribution in [0.15, 0.2) is 18.2 Å². The van der Waals surface area contributed by atoms with E-state index in [0.29, 0.717) is 12.2 Å². The third-order valence-corrected chi connectivity index (χ3v) is 3.12. The molecule has 1 rings (SSSR count). The van der Waals surface area contributed by atoms with Crippen LogP contribution in [0.4, 0.5) is 18.9 Å². The van der Waals surface area contributed by atoms with Gasteiger partial charge in [-0.3, -0.25) is 0 Å². The summed E-state index contributed by atoms with van der Waals surface area (Å²) in [5, 5.41) is 3.10. The molecule has 0 aromatic heterocycles. The summed E-state index contributed by atoms with van der Waals surface area (Å²) in [5.74, 6) is 0. The van der Waals surface area contributed by atoms with Crippen LogP contribution in [0.1, 0.15) is 38.8 Å². The lowest BCUT2D eigenvalue weighted by atomic mass is 10.0. The minimum atomic E-state index is -4.33. The van der Waals surface area contributed by atoms with E-state index in [1.54, 1.807) is 24.1 Å². The number of benzene rings is 1. The summed E-state index contributed by atoms with van der Waals surface area (Å²) in [4.78, 5) is 1.79. The van der Waals surface area contributed by atoms with Crippen LogP contribution in [0.2, 0.25) is 0 Å². The minimum absolute atomic E-state index is 0.203. The van der Waals surface area contributed by atoms with Crippen molar-refractivity contribution in [1.82, 2.24) is 5.32 Å². The Morgan fingerprint density at radius 3 is 2.20 bits per heavy atom. The van der Waals surface area contributed by atoms with E-state index in [0.717, 1.165) is 0 Å². The molecular weight excluding hydrogens is 265 g/mol. The lowest BCUT2D eigenvalue weighted by Gasteiger charge is -2.24. The molecule has 0 heterocycles. The second-order valence-electron chi connectivity index (χ2n) is 5.96. The summed E-state index contributed by atoms with van der Waals surface area (Å²) in [6.07, 6.45) is -4.33. The zero-order chi connectivity index (χ0) is 15.6. The van der Waals surface area contributed by atoms with E-state index in [-0.39, 0.29) is 17.6 Å². The third-order valence-electron chi connectivity index (χ3n) is 3.12. The van der Waals surface area contributed by atoms with Crippen molar-refractivity contribution in [1.29, 1.82) is 0 Å². The first kappa shape index (κ1) is 16.8. The predicted molar refractivity (Wildman–Crippen MR) is 77.0 cm³/mol. The van der Waals surface area contributed by atoms with Crippen LogP contribution in [0.5, 0.6) is 0 Å². The van der Waals surface area contributed by atoms with Gasteiger partial charge in [-0.25, -0.2) is 0 Å². The number of halogens is 3. The van der Waals surface area contributed by atoms with Crippen LogP contribution in [-0.2, 0) is 12.7 Å². The molecule has 0 aliphatic heterocycles. The summed E-state index contributed by atoms with van der Waals surface area (Å²) in [5.41, 5.74) is 0.0777. The fourth-order valence-corrected chi connectivity index (χ4v) is 1.76. The number of anilines is 1. The summed E-state index contributed by atoms with van der Waals surface area (Å²) < 4.78 is 39.5. The van der Waals surface area contributed by atoms with Gasteiger partial charge in [0.2, 0.25) is 0 Å². The molecule has 0 unspecified atom stereocenters. The summed E-state index contributed by atoms with van der Waals surface area (Å²) >= 11 is 0. The number of rotatable bonds is 4. The maximum atomic E-state index is 13.2. The Labute approximate surface area is 119 Å². The van der Waals surface area contributed by atoms with Crippen molar-refractivity contribution in [2.75, 3.05) is 18.5 Å². The van der Waals surface area contributed by atoms with Crippen molar-refractivity contribution in [2.24, 2.45) is 0 Å². The van der Waals surface area contributed by atoms with E-state index in [1.165, 1.54) is 6.07 Å². The normalized spacial score (nSPS) is 12.6. The van der Waals surface area contributed by atoms with E-state index in [2.05, 4.69) is 5.32 Å². The highest BCUT2D eigenvalue weighted by Crippen LogP contribution is 2.34. The van der Waals surface area contributed by atoms with Crippen LogP contribution >= 0.6 is 0 Å². The molecule has 1 N–H and O–H groups in total. The standard InChI is InChI=1S/C15H23F3N2/c1-6-20(5)12-8-7-11(10-19-14(2,3)4)13(9-12)15(16,17)18/h7-9,19H,6,10H2,1-5H3.